The minimum Gasteiger partial charge on any atom is -0.295 e. The maximum Gasteiger partial charge on any atom is 0.155 e. The van der Waals surface area contributed by atoms with Crippen molar-refractivity contribution in [2.45, 2.75) is 110 Å². The van der Waals surface area contributed by atoms with Gasteiger partial charge in [-0.3, -0.25) is 4.79 Å². The van der Waals surface area contributed by atoms with E-state index in [1.54, 1.807) is 6.08 Å². The van der Waals surface area contributed by atoms with Crippen molar-refractivity contribution in [3.8, 4) is 0 Å². The van der Waals surface area contributed by atoms with E-state index in [1.807, 2.05) is 6.08 Å². The van der Waals surface area contributed by atoms with Gasteiger partial charge in [-0.05, 0) is 31.8 Å². The molecule has 0 saturated heterocycles. The van der Waals surface area contributed by atoms with Gasteiger partial charge in [0.1, 0.15) is 0 Å². The van der Waals surface area contributed by atoms with Gasteiger partial charge in [0.15, 0.2) is 5.78 Å². The van der Waals surface area contributed by atoms with Gasteiger partial charge in [-0.15, -0.1) is 0 Å². The third-order valence-corrected chi connectivity index (χ3v) is 4.23. The summed E-state index contributed by atoms with van der Waals surface area (Å²) in [7, 11) is 0. The molecule has 0 amide bonds. The number of hydrogen-bond donors (Lipinski definition) is 0. The lowest BCUT2D eigenvalue weighted by atomic mass is 10.0. The molecule has 0 aliphatic carbocycles. The molecule has 0 aromatic carbocycles. The molecule has 0 unspecified atom stereocenters. The van der Waals surface area contributed by atoms with Gasteiger partial charge < -0.3 is 0 Å². The van der Waals surface area contributed by atoms with Gasteiger partial charge in [-0.25, -0.2) is 0 Å². The molecular formula is C22H40O. The number of hydrogen-bond acceptors (Lipinski definition) is 1. The summed E-state index contributed by atoms with van der Waals surface area (Å²) in [6.07, 6.45) is 26.8. The summed E-state index contributed by atoms with van der Waals surface area (Å²) >= 11 is 0. The van der Waals surface area contributed by atoms with Crippen LogP contribution in [0.5, 0.6) is 0 Å². The molecule has 0 fully saturated rings. The third-order valence-electron chi connectivity index (χ3n) is 4.23. The maximum atomic E-state index is 11.7. The number of allylic oxidation sites excluding steroid dienone is 4. The van der Waals surface area contributed by atoms with Gasteiger partial charge >= 0.3 is 0 Å². The first-order chi connectivity index (χ1) is 11.3. The zero-order chi connectivity index (χ0) is 17.0. The van der Waals surface area contributed by atoms with Crippen LogP contribution < -0.4 is 0 Å². The predicted molar refractivity (Wildman–Crippen MR) is 104 cm³/mol. The van der Waals surface area contributed by atoms with Gasteiger partial charge in [0, 0.05) is 6.42 Å². The van der Waals surface area contributed by atoms with Crippen LogP contribution in [0.4, 0.5) is 0 Å². The Morgan fingerprint density at radius 2 is 1.17 bits per heavy atom. The molecule has 0 saturated carbocycles. The maximum absolute atomic E-state index is 11.7. The highest BCUT2D eigenvalue weighted by atomic mass is 16.1. The van der Waals surface area contributed by atoms with Crippen LogP contribution in [0, 0.1) is 0 Å². The summed E-state index contributed by atoms with van der Waals surface area (Å²) in [6.45, 7) is 4.41. The second kappa shape index (κ2) is 19.2. The summed E-state index contributed by atoms with van der Waals surface area (Å²) in [4.78, 5) is 11.7. The first-order valence-electron chi connectivity index (χ1n) is 10.2. The van der Waals surface area contributed by atoms with Crippen molar-refractivity contribution in [2.75, 3.05) is 0 Å². The zero-order valence-electron chi connectivity index (χ0n) is 15.8. The molecule has 0 heterocycles. The Morgan fingerprint density at radius 3 is 1.74 bits per heavy atom. The van der Waals surface area contributed by atoms with E-state index in [-0.39, 0.29) is 0 Å². The molecule has 23 heavy (non-hydrogen) atoms. The van der Waals surface area contributed by atoms with Crippen molar-refractivity contribution >= 4 is 5.78 Å². The number of carbonyl (C=O) groups is 1. The summed E-state index contributed by atoms with van der Waals surface area (Å²) in [5, 5.41) is 0. The molecule has 0 radical (unpaired) electrons. The Bertz CT molecular complexity index is 301. The van der Waals surface area contributed by atoms with E-state index in [2.05, 4.69) is 26.0 Å². The minimum absolute atomic E-state index is 0.306. The van der Waals surface area contributed by atoms with Crippen LogP contribution in [0.15, 0.2) is 24.3 Å². The van der Waals surface area contributed by atoms with E-state index < -0.39 is 0 Å². The Balaban J connectivity index is 3.26. The number of rotatable bonds is 17. The Hall–Kier alpha value is -0.850. The lowest BCUT2D eigenvalue weighted by molar-refractivity contribution is -0.114. The Labute approximate surface area is 145 Å². The zero-order valence-corrected chi connectivity index (χ0v) is 15.8. The fourth-order valence-electron chi connectivity index (χ4n) is 2.74. The molecular weight excluding hydrogens is 280 g/mol. The molecule has 0 aliphatic rings. The second-order valence-electron chi connectivity index (χ2n) is 6.61. The largest absolute Gasteiger partial charge is 0.295 e. The molecule has 0 bridgehead atoms. The number of ketones is 1. The Morgan fingerprint density at radius 1 is 0.652 bits per heavy atom. The molecule has 0 aliphatic heterocycles. The van der Waals surface area contributed by atoms with Gasteiger partial charge in [-0.1, -0.05) is 96.3 Å². The van der Waals surface area contributed by atoms with Crippen LogP contribution >= 0.6 is 0 Å². The van der Waals surface area contributed by atoms with Crippen molar-refractivity contribution in [3.05, 3.63) is 24.3 Å². The van der Waals surface area contributed by atoms with E-state index in [4.69, 9.17) is 0 Å². The average Bonchev–Trinajstić information content (AvgIpc) is 2.56. The average molecular weight is 321 g/mol. The van der Waals surface area contributed by atoms with Crippen molar-refractivity contribution in [1.29, 1.82) is 0 Å². The lowest BCUT2D eigenvalue weighted by Gasteiger charge is -2.02. The number of carbonyl (C=O) groups excluding carboxylic acids is 1. The van der Waals surface area contributed by atoms with Crippen molar-refractivity contribution in [2.24, 2.45) is 0 Å². The summed E-state index contributed by atoms with van der Waals surface area (Å²) in [5.74, 6) is 0.306. The summed E-state index contributed by atoms with van der Waals surface area (Å²) in [5.41, 5.74) is 0. The van der Waals surface area contributed by atoms with Gasteiger partial charge in [0.2, 0.25) is 0 Å². The fraction of sp³-hybridized carbons (Fsp3) is 0.773. The summed E-state index contributed by atoms with van der Waals surface area (Å²) in [6, 6.07) is 0. The number of unbranched alkanes of at least 4 members (excludes halogenated alkanes) is 11. The molecule has 0 atom stereocenters. The van der Waals surface area contributed by atoms with Crippen LogP contribution in [-0.2, 0) is 4.79 Å². The second-order valence-corrected chi connectivity index (χ2v) is 6.61. The smallest absolute Gasteiger partial charge is 0.155 e. The topological polar surface area (TPSA) is 17.1 Å². The molecule has 134 valence electrons. The monoisotopic (exact) mass is 320 g/mol. The van der Waals surface area contributed by atoms with E-state index in [1.165, 1.54) is 64.2 Å². The normalized spacial score (nSPS) is 11.7. The van der Waals surface area contributed by atoms with Gasteiger partial charge in [-0.2, -0.15) is 0 Å². The van der Waals surface area contributed by atoms with Gasteiger partial charge in [0.05, 0.1) is 0 Å². The molecule has 1 nitrogen and oxygen atoms in total. The van der Waals surface area contributed by atoms with E-state index in [0.29, 0.717) is 5.78 Å². The Kier molecular flexibility index (Phi) is 18.5. The molecule has 1 heteroatoms. The van der Waals surface area contributed by atoms with E-state index in [9.17, 15) is 4.79 Å². The predicted octanol–water partition coefficient (Wildman–Crippen LogP) is 7.56. The molecule has 0 rings (SSSR count). The lowest BCUT2D eigenvalue weighted by Crippen LogP contribution is -1.92. The summed E-state index contributed by atoms with van der Waals surface area (Å²) < 4.78 is 0. The molecule has 0 aromatic heterocycles. The van der Waals surface area contributed by atoms with Crippen LogP contribution in [0.3, 0.4) is 0 Å². The third kappa shape index (κ3) is 19.1. The molecule has 0 N–H and O–H groups in total. The first kappa shape index (κ1) is 22.1. The van der Waals surface area contributed by atoms with Gasteiger partial charge in [0.25, 0.3) is 0 Å². The van der Waals surface area contributed by atoms with E-state index >= 15 is 0 Å². The van der Waals surface area contributed by atoms with Crippen LogP contribution in [-0.4, -0.2) is 5.78 Å². The highest BCUT2D eigenvalue weighted by Crippen LogP contribution is 2.12. The van der Waals surface area contributed by atoms with Crippen molar-refractivity contribution < 1.29 is 4.79 Å². The quantitative estimate of drug-likeness (QED) is 0.153. The van der Waals surface area contributed by atoms with Crippen LogP contribution in [0.2, 0.25) is 0 Å². The highest BCUT2D eigenvalue weighted by Gasteiger charge is 1.97. The fourth-order valence-corrected chi connectivity index (χ4v) is 2.74. The van der Waals surface area contributed by atoms with Crippen molar-refractivity contribution in [3.63, 3.8) is 0 Å². The minimum atomic E-state index is 0.306. The highest BCUT2D eigenvalue weighted by molar-refractivity contribution is 5.89. The van der Waals surface area contributed by atoms with Crippen molar-refractivity contribution in [1.82, 2.24) is 0 Å². The first-order valence-corrected chi connectivity index (χ1v) is 10.2. The van der Waals surface area contributed by atoms with Crippen LogP contribution in [0.1, 0.15) is 110 Å². The van der Waals surface area contributed by atoms with Crippen LogP contribution in [0.25, 0.3) is 0 Å². The SMILES string of the molecule is CCC=CCCC=CC(=O)CCCCCCCCCCCCC. The standard InChI is InChI=1S/C22H40O/c1-3-5-7-9-11-12-13-14-15-17-19-21-22(23)20-18-16-10-8-6-4-2/h6,8,18,20H,3-5,7,9-17,19,21H2,1-2H3. The van der Waals surface area contributed by atoms with E-state index in [0.717, 1.165) is 32.1 Å². The molecule has 0 aromatic rings. The molecule has 0 spiro atoms.